The summed E-state index contributed by atoms with van der Waals surface area (Å²) in [6.45, 7) is 7.24. The SMILES string of the molecule is Fc1cc(CNC[C@H]2CN(C3CC3)CCO2)ccc1N1CCOCC1. The van der Waals surface area contributed by atoms with E-state index in [-0.39, 0.29) is 11.9 Å². The number of hydrogen-bond donors (Lipinski definition) is 1. The monoisotopic (exact) mass is 349 g/mol. The second kappa shape index (κ2) is 7.99. The molecule has 0 bridgehead atoms. The standard InChI is InChI=1S/C19H28FN3O2/c20-18-11-15(1-4-19(18)22-5-8-24-9-6-22)12-21-13-17-14-23(7-10-25-17)16-2-3-16/h1,4,11,16-17,21H,2-3,5-10,12-14H2/t17-/m0/s1. The van der Waals surface area contributed by atoms with Gasteiger partial charge in [-0.3, -0.25) is 4.90 Å². The first-order valence-electron chi connectivity index (χ1n) is 9.47. The normalized spacial score (nSPS) is 25.3. The average Bonchev–Trinajstić information content (AvgIpc) is 3.48. The summed E-state index contributed by atoms with van der Waals surface area (Å²) in [7, 11) is 0. The van der Waals surface area contributed by atoms with Crippen molar-refractivity contribution >= 4 is 5.69 Å². The van der Waals surface area contributed by atoms with E-state index >= 15 is 0 Å². The van der Waals surface area contributed by atoms with E-state index in [1.165, 1.54) is 12.8 Å². The minimum absolute atomic E-state index is 0.143. The van der Waals surface area contributed by atoms with Gasteiger partial charge in [-0.25, -0.2) is 4.39 Å². The summed E-state index contributed by atoms with van der Waals surface area (Å²) in [5.74, 6) is -0.143. The van der Waals surface area contributed by atoms with E-state index in [9.17, 15) is 4.39 Å². The predicted molar refractivity (Wildman–Crippen MR) is 95.5 cm³/mol. The molecule has 5 nitrogen and oxygen atoms in total. The van der Waals surface area contributed by atoms with Gasteiger partial charge in [-0.2, -0.15) is 0 Å². The third-order valence-corrected chi connectivity index (χ3v) is 5.30. The molecule has 0 aromatic heterocycles. The minimum atomic E-state index is -0.143. The second-order valence-electron chi connectivity index (χ2n) is 7.23. The van der Waals surface area contributed by atoms with Crippen LogP contribution in [0.3, 0.4) is 0 Å². The van der Waals surface area contributed by atoms with Crippen molar-refractivity contribution in [3.8, 4) is 0 Å². The fourth-order valence-electron chi connectivity index (χ4n) is 3.74. The van der Waals surface area contributed by atoms with Crippen molar-refractivity contribution in [1.82, 2.24) is 10.2 Å². The molecule has 2 aliphatic heterocycles. The Bertz CT molecular complexity index is 576. The van der Waals surface area contributed by atoms with Crippen LogP contribution in [0.5, 0.6) is 0 Å². The molecule has 1 N–H and O–H groups in total. The van der Waals surface area contributed by atoms with E-state index < -0.39 is 0 Å². The molecule has 6 heteroatoms. The highest BCUT2D eigenvalue weighted by Gasteiger charge is 2.32. The molecule has 25 heavy (non-hydrogen) atoms. The van der Waals surface area contributed by atoms with Crippen LogP contribution in [0.1, 0.15) is 18.4 Å². The van der Waals surface area contributed by atoms with Crippen LogP contribution in [-0.2, 0) is 16.0 Å². The van der Waals surface area contributed by atoms with Crippen molar-refractivity contribution in [1.29, 1.82) is 0 Å². The van der Waals surface area contributed by atoms with Gasteiger partial charge in [-0.05, 0) is 30.5 Å². The first-order chi connectivity index (χ1) is 12.3. The number of morpholine rings is 2. The highest BCUT2D eigenvalue weighted by Crippen LogP contribution is 2.28. The number of ether oxygens (including phenoxy) is 2. The van der Waals surface area contributed by atoms with Crippen LogP contribution < -0.4 is 10.2 Å². The highest BCUT2D eigenvalue weighted by atomic mass is 19.1. The zero-order valence-corrected chi connectivity index (χ0v) is 14.8. The molecular formula is C19H28FN3O2. The number of halogens is 1. The summed E-state index contributed by atoms with van der Waals surface area (Å²) in [4.78, 5) is 4.60. The first kappa shape index (κ1) is 17.2. The summed E-state index contributed by atoms with van der Waals surface area (Å²) < 4.78 is 25.6. The van der Waals surface area contributed by atoms with Crippen molar-refractivity contribution in [2.45, 2.75) is 31.5 Å². The average molecular weight is 349 g/mol. The lowest BCUT2D eigenvalue weighted by atomic mass is 10.1. The Morgan fingerprint density at radius 3 is 2.72 bits per heavy atom. The van der Waals surface area contributed by atoms with Crippen LogP contribution in [0.15, 0.2) is 18.2 Å². The van der Waals surface area contributed by atoms with Crippen LogP contribution in [0, 0.1) is 5.82 Å². The molecule has 0 spiro atoms. The molecule has 3 fully saturated rings. The number of hydrogen-bond acceptors (Lipinski definition) is 5. The summed E-state index contributed by atoms with van der Waals surface area (Å²) in [6, 6.07) is 6.35. The Morgan fingerprint density at radius 1 is 1.12 bits per heavy atom. The smallest absolute Gasteiger partial charge is 0.146 e. The molecule has 0 unspecified atom stereocenters. The van der Waals surface area contributed by atoms with Gasteiger partial charge in [-0.1, -0.05) is 6.07 Å². The van der Waals surface area contributed by atoms with Crippen molar-refractivity contribution in [2.24, 2.45) is 0 Å². The van der Waals surface area contributed by atoms with Crippen molar-refractivity contribution < 1.29 is 13.9 Å². The molecule has 2 saturated heterocycles. The molecule has 1 aromatic carbocycles. The third-order valence-electron chi connectivity index (χ3n) is 5.30. The van der Waals surface area contributed by atoms with Gasteiger partial charge in [0.1, 0.15) is 5.82 Å². The molecule has 1 atom stereocenters. The van der Waals surface area contributed by atoms with Crippen LogP contribution in [0.25, 0.3) is 0 Å². The predicted octanol–water partition coefficient (Wildman–Crippen LogP) is 1.62. The maximum atomic E-state index is 14.4. The Hall–Kier alpha value is -1.21. The number of anilines is 1. The molecule has 0 amide bonds. The largest absolute Gasteiger partial charge is 0.378 e. The minimum Gasteiger partial charge on any atom is -0.378 e. The summed E-state index contributed by atoms with van der Waals surface area (Å²) >= 11 is 0. The second-order valence-corrected chi connectivity index (χ2v) is 7.23. The molecule has 1 aromatic rings. The maximum absolute atomic E-state index is 14.4. The fourth-order valence-corrected chi connectivity index (χ4v) is 3.74. The zero-order valence-electron chi connectivity index (χ0n) is 14.8. The van der Waals surface area contributed by atoms with E-state index in [0.717, 1.165) is 50.9 Å². The van der Waals surface area contributed by atoms with Gasteiger partial charge in [0.2, 0.25) is 0 Å². The van der Waals surface area contributed by atoms with Gasteiger partial charge in [-0.15, -0.1) is 0 Å². The van der Waals surface area contributed by atoms with Gasteiger partial charge >= 0.3 is 0 Å². The van der Waals surface area contributed by atoms with Gasteiger partial charge < -0.3 is 19.7 Å². The third kappa shape index (κ3) is 4.50. The Balaban J connectivity index is 1.25. The number of nitrogens with zero attached hydrogens (tertiary/aromatic N) is 2. The van der Waals surface area contributed by atoms with Crippen molar-refractivity contribution in [3.05, 3.63) is 29.6 Å². The molecule has 2 heterocycles. The lowest BCUT2D eigenvalue weighted by molar-refractivity contribution is -0.0301. The zero-order chi connectivity index (χ0) is 17.1. The summed E-state index contributed by atoms with van der Waals surface area (Å²) in [5, 5.41) is 3.43. The van der Waals surface area contributed by atoms with E-state index in [4.69, 9.17) is 9.47 Å². The molecular weight excluding hydrogens is 321 g/mol. The fraction of sp³-hybridized carbons (Fsp3) is 0.684. The quantitative estimate of drug-likeness (QED) is 0.845. The van der Waals surface area contributed by atoms with Gasteiger partial charge in [0.25, 0.3) is 0 Å². The van der Waals surface area contributed by atoms with Crippen LogP contribution in [0.4, 0.5) is 10.1 Å². The summed E-state index contributed by atoms with van der Waals surface area (Å²) in [6.07, 6.45) is 2.93. The Labute approximate surface area is 149 Å². The molecule has 0 radical (unpaired) electrons. The van der Waals surface area contributed by atoms with Crippen molar-refractivity contribution in [3.63, 3.8) is 0 Å². The number of nitrogens with one attached hydrogen (secondary N) is 1. The Kier molecular flexibility index (Phi) is 5.51. The van der Waals surface area contributed by atoms with E-state index in [0.29, 0.717) is 25.4 Å². The summed E-state index contributed by atoms with van der Waals surface area (Å²) in [5.41, 5.74) is 1.66. The number of rotatable bonds is 6. The molecule has 1 saturated carbocycles. The molecule has 3 aliphatic rings. The maximum Gasteiger partial charge on any atom is 0.146 e. The highest BCUT2D eigenvalue weighted by molar-refractivity contribution is 5.49. The number of benzene rings is 1. The van der Waals surface area contributed by atoms with Crippen LogP contribution in [-0.4, -0.2) is 69.6 Å². The molecule has 4 rings (SSSR count). The van der Waals surface area contributed by atoms with E-state index in [2.05, 4.69) is 15.1 Å². The lowest BCUT2D eigenvalue weighted by Crippen LogP contribution is -2.47. The topological polar surface area (TPSA) is 37.0 Å². The van der Waals surface area contributed by atoms with Crippen LogP contribution in [0.2, 0.25) is 0 Å². The molecule has 138 valence electrons. The van der Waals surface area contributed by atoms with Crippen molar-refractivity contribution in [2.75, 3.05) is 57.4 Å². The van der Waals surface area contributed by atoms with Gasteiger partial charge in [0.15, 0.2) is 0 Å². The van der Waals surface area contributed by atoms with Crippen LogP contribution >= 0.6 is 0 Å². The Morgan fingerprint density at radius 2 is 1.96 bits per heavy atom. The van der Waals surface area contributed by atoms with Gasteiger partial charge in [0, 0.05) is 45.3 Å². The van der Waals surface area contributed by atoms with Gasteiger partial charge in [0.05, 0.1) is 31.6 Å². The first-order valence-corrected chi connectivity index (χ1v) is 9.47. The molecule has 1 aliphatic carbocycles. The lowest BCUT2D eigenvalue weighted by Gasteiger charge is -2.33. The van der Waals surface area contributed by atoms with E-state index in [1.54, 1.807) is 6.07 Å². The van der Waals surface area contributed by atoms with E-state index in [1.807, 2.05) is 12.1 Å².